The summed E-state index contributed by atoms with van der Waals surface area (Å²) >= 11 is 0. The summed E-state index contributed by atoms with van der Waals surface area (Å²) < 4.78 is 0. The Kier molecular flexibility index (Phi) is 4.63. The van der Waals surface area contributed by atoms with Crippen LogP contribution in [-0.2, 0) is 0 Å². The molecule has 2 amide bonds. The van der Waals surface area contributed by atoms with Crippen LogP contribution in [0, 0.1) is 0 Å². The largest absolute Gasteiger partial charge is 0.399 e. The average molecular weight is 262 g/mol. The summed E-state index contributed by atoms with van der Waals surface area (Å²) in [6, 6.07) is 7.22. The van der Waals surface area contributed by atoms with Crippen molar-refractivity contribution in [3.05, 3.63) is 24.3 Å². The van der Waals surface area contributed by atoms with Gasteiger partial charge in [-0.05, 0) is 31.2 Å². The van der Waals surface area contributed by atoms with E-state index in [0.717, 1.165) is 44.8 Å². The van der Waals surface area contributed by atoms with Gasteiger partial charge in [-0.15, -0.1) is 0 Å². The van der Waals surface area contributed by atoms with Gasteiger partial charge in [0.25, 0.3) is 0 Å². The Hall–Kier alpha value is -1.75. The summed E-state index contributed by atoms with van der Waals surface area (Å²) in [5, 5.41) is 2.89. The van der Waals surface area contributed by atoms with Crippen molar-refractivity contribution in [2.45, 2.75) is 13.3 Å². The number of benzene rings is 1. The fraction of sp³-hybridized carbons (Fsp3) is 0.500. The predicted molar refractivity (Wildman–Crippen MR) is 78.2 cm³/mol. The van der Waals surface area contributed by atoms with Crippen LogP contribution in [0.25, 0.3) is 0 Å². The molecule has 104 valence electrons. The minimum absolute atomic E-state index is 0.0400. The van der Waals surface area contributed by atoms with E-state index in [2.05, 4.69) is 17.1 Å². The van der Waals surface area contributed by atoms with Crippen LogP contribution >= 0.6 is 0 Å². The van der Waals surface area contributed by atoms with Crippen molar-refractivity contribution in [1.82, 2.24) is 9.80 Å². The van der Waals surface area contributed by atoms with E-state index < -0.39 is 0 Å². The van der Waals surface area contributed by atoms with Gasteiger partial charge in [0.1, 0.15) is 0 Å². The molecular formula is C14H22N4O. The van der Waals surface area contributed by atoms with Crippen LogP contribution < -0.4 is 11.1 Å². The fourth-order valence-electron chi connectivity index (χ4n) is 2.31. The highest BCUT2D eigenvalue weighted by molar-refractivity contribution is 5.89. The maximum Gasteiger partial charge on any atom is 0.321 e. The van der Waals surface area contributed by atoms with Crippen LogP contribution in [0.4, 0.5) is 16.2 Å². The lowest BCUT2D eigenvalue weighted by molar-refractivity contribution is 0.147. The Labute approximate surface area is 114 Å². The van der Waals surface area contributed by atoms with Gasteiger partial charge in [-0.3, -0.25) is 4.90 Å². The van der Waals surface area contributed by atoms with Gasteiger partial charge in [-0.1, -0.05) is 13.0 Å². The topological polar surface area (TPSA) is 61.6 Å². The lowest BCUT2D eigenvalue weighted by atomic mass is 10.3. The van der Waals surface area contributed by atoms with Crippen molar-refractivity contribution in [3.63, 3.8) is 0 Å². The van der Waals surface area contributed by atoms with E-state index in [4.69, 9.17) is 5.73 Å². The van der Waals surface area contributed by atoms with E-state index in [1.807, 2.05) is 17.0 Å². The van der Waals surface area contributed by atoms with Gasteiger partial charge in [0.2, 0.25) is 0 Å². The quantitative estimate of drug-likeness (QED) is 0.817. The number of carbonyl (C=O) groups is 1. The van der Waals surface area contributed by atoms with Crippen molar-refractivity contribution >= 4 is 17.4 Å². The molecule has 0 saturated carbocycles. The number of hydrogen-bond donors (Lipinski definition) is 2. The minimum atomic E-state index is -0.0400. The predicted octanol–water partition coefficient (Wildman–Crippen LogP) is 1.83. The molecule has 0 aromatic heterocycles. The lowest BCUT2D eigenvalue weighted by Crippen LogP contribution is -2.50. The Balaban J connectivity index is 1.84. The summed E-state index contributed by atoms with van der Waals surface area (Å²) in [5.41, 5.74) is 7.10. The maximum absolute atomic E-state index is 12.1. The molecule has 3 N–H and O–H groups in total. The molecule has 1 aromatic rings. The second-order valence-electron chi connectivity index (χ2n) is 4.88. The van der Waals surface area contributed by atoms with Crippen LogP contribution in [0.2, 0.25) is 0 Å². The van der Waals surface area contributed by atoms with Gasteiger partial charge >= 0.3 is 6.03 Å². The molecule has 1 fully saturated rings. The molecule has 2 rings (SSSR count). The number of urea groups is 1. The van der Waals surface area contributed by atoms with Crippen LogP contribution in [0.5, 0.6) is 0 Å². The van der Waals surface area contributed by atoms with E-state index in [1.165, 1.54) is 0 Å². The number of amides is 2. The van der Waals surface area contributed by atoms with Crippen LogP contribution in [0.3, 0.4) is 0 Å². The number of nitrogen functional groups attached to an aromatic ring is 1. The highest BCUT2D eigenvalue weighted by Gasteiger charge is 2.20. The van der Waals surface area contributed by atoms with Gasteiger partial charge in [0.05, 0.1) is 0 Å². The van der Waals surface area contributed by atoms with Crippen molar-refractivity contribution in [3.8, 4) is 0 Å². The summed E-state index contributed by atoms with van der Waals surface area (Å²) in [6.07, 6.45) is 1.16. The Morgan fingerprint density at radius 3 is 2.68 bits per heavy atom. The van der Waals surface area contributed by atoms with Crippen molar-refractivity contribution in [2.24, 2.45) is 0 Å². The van der Waals surface area contributed by atoms with Gasteiger partial charge in [0, 0.05) is 37.6 Å². The van der Waals surface area contributed by atoms with Crippen LogP contribution in [-0.4, -0.2) is 48.6 Å². The molecule has 5 heteroatoms. The molecular weight excluding hydrogens is 240 g/mol. The molecule has 0 unspecified atom stereocenters. The van der Waals surface area contributed by atoms with Gasteiger partial charge < -0.3 is 16.0 Å². The number of nitrogens with two attached hydrogens (primary N) is 1. The van der Waals surface area contributed by atoms with E-state index in [0.29, 0.717) is 5.69 Å². The molecule has 19 heavy (non-hydrogen) atoms. The number of anilines is 2. The summed E-state index contributed by atoms with van der Waals surface area (Å²) in [4.78, 5) is 16.3. The van der Waals surface area contributed by atoms with E-state index in [9.17, 15) is 4.79 Å². The zero-order chi connectivity index (χ0) is 13.7. The smallest absolute Gasteiger partial charge is 0.321 e. The monoisotopic (exact) mass is 262 g/mol. The molecule has 1 heterocycles. The molecule has 1 saturated heterocycles. The first kappa shape index (κ1) is 13.7. The van der Waals surface area contributed by atoms with Gasteiger partial charge in [-0.25, -0.2) is 4.79 Å². The number of carbonyl (C=O) groups excluding carboxylic acids is 1. The first-order valence-electron chi connectivity index (χ1n) is 6.83. The lowest BCUT2D eigenvalue weighted by Gasteiger charge is -2.34. The van der Waals surface area contributed by atoms with E-state index in [-0.39, 0.29) is 6.03 Å². The summed E-state index contributed by atoms with van der Waals surface area (Å²) in [5.74, 6) is 0. The number of hydrogen-bond acceptors (Lipinski definition) is 3. The highest BCUT2D eigenvalue weighted by atomic mass is 16.2. The van der Waals surface area contributed by atoms with Crippen molar-refractivity contribution < 1.29 is 4.79 Å². The van der Waals surface area contributed by atoms with E-state index in [1.54, 1.807) is 12.1 Å². The maximum atomic E-state index is 12.1. The Bertz CT molecular complexity index is 427. The SMILES string of the molecule is CCCN1CCN(C(=O)Nc2cccc(N)c2)CC1. The summed E-state index contributed by atoms with van der Waals surface area (Å²) in [7, 11) is 0. The fourth-order valence-corrected chi connectivity index (χ4v) is 2.31. The highest BCUT2D eigenvalue weighted by Crippen LogP contribution is 2.13. The van der Waals surface area contributed by atoms with Crippen LogP contribution in [0.1, 0.15) is 13.3 Å². The third-order valence-corrected chi connectivity index (χ3v) is 3.34. The molecule has 1 aromatic carbocycles. The molecule has 0 spiro atoms. The minimum Gasteiger partial charge on any atom is -0.399 e. The second kappa shape index (κ2) is 6.43. The zero-order valence-corrected chi connectivity index (χ0v) is 11.4. The normalized spacial score (nSPS) is 16.4. The standard InChI is InChI=1S/C14H22N4O/c1-2-6-17-7-9-18(10-8-17)14(19)16-13-5-3-4-12(15)11-13/h3-5,11H,2,6-10,15H2,1H3,(H,16,19). The molecule has 0 radical (unpaired) electrons. The summed E-state index contributed by atoms with van der Waals surface area (Å²) in [6.45, 7) is 6.78. The van der Waals surface area contributed by atoms with Gasteiger partial charge in [0.15, 0.2) is 0 Å². The first-order valence-corrected chi connectivity index (χ1v) is 6.83. The first-order chi connectivity index (χ1) is 9.19. The van der Waals surface area contributed by atoms with Gasteiger partial charge in [-0.2, -0.15) is 0 Å². The average Bonchev–Trinajstić information content (AvgIpc) is 2.40. The Morgan fingerprint density at radius 2 is 2.05 bits per heavy atom. The third-order valence-electron chi connectivity index (χ3n) is 3.34. The second-order valence-corrected chi connectivity index (χ2v) is 4.88. The van der Waals surface area contributed by atoms with Crippen molar-refractivity contribution in [2.75, 3.05) is 43.8 Å². The van der Waals surface area contributed by atoms with Crippen molar-refractivity contribution in [1.29, 1.82) is 0 Å². The van der Waals surface area contributed by atoms with Crippen LogP contribution in [0.15, 0.2) is 24.3 Å². The molecule has 0 bridgehead atoms. The molecule has 0 atom stereocenters. The molecule has 5 nitrogen and oxygen atoms in total. The molecule has 0 aliphatic carbocycles. The number of nitrogens with one attached hydrogen (secondary N) is 1. The molecule has 1 aliphatic heterocycles. The van der Waals surface area contributed by atoms with E-state index >= 15 is 0 Å². The molecule has 1 aliphatic rings. The number of nitrogens with zero attached hydrogens (tertiary/aromatic N) is 2. The third kappa shape index (κ3) is 3.86. The zero-order valence-electron chi connectivity index (χ0n) is 11.4. The number of piperazine rings is 1. The number of rotatable bonds is 3. The Morgan fingerprint density at radius 1 is 1.32 bits per heavy atom.